The second-order valence-corrected chi connectivity index (χ2v) is 3.44. The first-order valence-corrected chi connectivity index (χ1v) is 4.59. The van der Waals surface area contributed by atoms with E-state index in [2.05, 4.69) is 13.8 Å². The lowest BCUT2D eigenvalue weighted by atomic mass is 9.97. The summed E-state index contributed by atoms with van der Waals surface area (Å²) in [6.45, 7) is 5.89. The monoisotopic (exact) mass is 170 g/mol. The third-order valence-electron chi connectivity index (χ3n) is 2.29. The molecule has 12 heavy (non-hydrogen) atoms. The molecule has 0 heterocycles. The van der Waals surface area contributed by atoms with Crippen LogP contribution in [0, 0.1) is 11.8 Å². The van der Waals surface area contributed by atoms with E-state index in [0.717, 1.165) is 19.1 Å². The van der Waals surface area contributed by atoms with Crippen LogP contribution in [0.1, 0.15) is 40.0 Å². The van der Waals surface area contributed by atoms with E-state index in [4.69, 9.17) is 0 Å². The van der Waals surface area contributed by atoms with Crippen LogP contribution in [0.2, 0.25) is 0 Å². The Hall–Kier alpha value is -0.660. The van der Waals surface area contributed by atoms with Crippen LogP contribution in [0.5, 0.6) is 0 Å². The van der Waals surface area contributed by atoms with Crippen molar-refractivity contribution in [2.75, 3.05) is 0 Å². The van der Waals surface area contributed by atoms with Gasteiger partial charge < -0.3 is 4.79 Å². The van der Waals surface area contributed by atoms with Gasteiger partial charge in [-0.15, -0.1) is 0 Å². The molecule has 0 amide bonds. The normalized spacial score (nSPS) is 15.2. The van der Waals surface area contributed by atoms with Crippen molar-refractivity contribution in [3.63, 3.8) is 0 Å². The van der Waals surface area contributed by atoms with Gasteiger partial charge in [0.05, 0.1) is 5.92 Å². The van der Waals surface area contributed by atoms with Gasteiger partial charge in [-0.25, -0.2) is 0 Å². The minimum absolute atomic E-state index is 0.0744. The molecule has 2 nitrogen and oxygen atoms in total. The lowest BCUT2D eigenvalue weighted by molar-refractivity contribution is -0.126. The molecule has 0 spiro atoms. The Balaban J connectivity index is 3.63. The highest BCUT2D eigenvalue weighted by Gasteiger charge is 2.11. The van der Waals surface area contributed by atoms with Gasteiger partial charge in [0.2, 0.25) is 0 Å². The van der Waals surface area contributed by atoms with E-state index in [9.17, 15) is 9.59 Å². The maximum Gasteiger partial charge on any atom is 0.142 e. The molecule has 70 valence electrons. The molecule has 2 heteroatoms. The van der Waals surface area contributed by atoms with E-state index < -0.39 is 5.92 Å². The van der Waals surface area contributed by atoms with E-state index >= 15 is 0 Å². The standard InChI is InChI=1S/C10H18O2/c1-4-8(2)5-6-10(12)9(3)7-11/h7-9H,4-6H2,1-3H3/t8-,9-/m0/s1. The second-order valence-electron chi connectivity index (χ2n) is 3.44. The summed E-state index contributed by atoms with van der Waals surface area (Å²) in [6.07, 6.45) is 3.28. The largest absolute Gasteiger partial charge is 0.303 e. The van der Waals surface area contributed by atoms with E-state index in [1.54, 1.807) is 6.92 Å². The maximum absolute atomic E-state index is 11.2. The third kappa shape index (κ3) is 4.27. The van der Waals surface area contributed by atoms with Crippen molar-refractivity contribution in [1.29, 1.82) is 0 Å². The van der Waals surface area contributed by atoms with Crippen LogP contribution in [-0.4, -0.2) is 12.1 Å². The Morgan fingerprint density at radius 2 is 2.00 bits per heavy atom. The first-order chi connectivity index (χ1) is 5.61. The minimum Gasteiger partial charge on any atom is -0.303 e. The van der Waals surface area contributed by atoms with Gasteiger partial charge >= 0.3 is 0 Å². The number of aldehydes is 1. The quantitative estimate of drug-likeness (QED) is 0.452. The van der Waals surface area contributed by atoms with Gasteiger partial charge in [0.1, 0.15) is 12.1 Å². The summed E-state index contributed by atoms with van der Waals surface area (Å²) in [4.78, 5) is 21.4. The van der Waals surface area contributed by atoms with Crippen molar-refractivity contribution in [2.45, 2.75) is 40.0 Å². The predicted molar refractivity (Wildman–Crippen MR) is 48.9 cm³/mol. The van der Waals surface area contributed by atoms with Crippen LogP contribution in [0.15, 0.2) is 0 Å². The van der Waals surface area contributed by atoms with Crippen molar-refractivity contribution in [3.05, 3.63) is 0 Å². The van der Waals surface area contributed by atoms with Crippen molar-refractivity contribution >= 4 is 12.1 Å². The number of carbonyl (C=O) groups excluding carboxylic acids is 2. The molecule has 0 radical (unpaired) electrons. The molecule has 0 N–H and O–H groups in total. The lowest BCUT2D eigenvalue weighted by Gasteiger charge is -2.07. The minimum atomic E-state index is -0.408. The fourth-order valence-electron chi connectivity index (χ4n) is 0.896. The Labute approximate surface area is 74.3 Å². The smallest absolute Gasteiger partial charge is 0.142 e. The number of carbonyl (C=O) groups is 2. The summed E-state index contributed by atoms with van der Waals surface area (Å²) >= 11 is 0. The van der Waals surface area contributed by atoms with Crippen molar-refractivity contribution < 1.29 is 9.59 Å². The van der Waals surface area contributed by atoms with E-state index in [1.165, 1.54) is 0 Å². The first kappa shape index (κ1) is 11.3. The molecule has 0 aromatic rings. The summed E-state index contributed by atoms with van der Waals surface area (Å²) in [7, 11) is 0. The van der Waals surface area contributed by atoms with Gasteiger partial charge in [-0.05, 0) is 19.3 Å². The van der Waals surface area contributed by atoms with E-state index in [0.29, 0.717) is 12.3 Å². The van der Waals surface area contributed by atoms with Crippen LogP contribution in [0.3, 0.4) is 0 Å². The van der Waals surface area contributed by atoms with Gasteiger partial charge in [-0.1, -0.05) is 20.3 Å². The zero-order chi connectivity index (χ0) is 9.56. The maximum atomic E-state index is 11.2. The lowest BCUT2D eigenvalue weighted by Crippen LogP contribution is -2.12. The molecule has 0 saturated carbocycles. The third-order valence-corrected chi connectivity index (χ3v) is 2.29. The van der Waals surface area contributed by atoms with Gasteiger partial charge in [0.25, 0.3) is 0 Å². The fraction of sp³-hybridized carbons (Fsp3) is 0.800. The fourth-order valence-corrected chi connectivity index (χ4v) is 0.896. The van der Waals surface area contributed by atoms with Crippen LogP contribution in [0.4, 0.5) is 0 Å². The predicted octanol–water partition coefficient (Wildman–Crippen LogP) is 2.22. The molecular formula is C10H18O2. The highest BCUT2D eigenvalue weighted by atomic mass is 16.1. The second kappa shape index (κ2) is 5.92. The van der Waals surface area contributed by atoms with Crippen molar-refractivity contribution in [3.8, 4) is 0 Å². The van der Waals surface area contributed by atoms with Crippen molar-refractivity contribution in [2.24, 2.45) is 11.8 Å². The molecule has 0 bridgehead atoms. The number of hydrogen-bond acceptors (Lipinski definition) is 2. The molecule has 0 aromatic heterocycles. The average molecular weight is 170 g/mol. The molecule has 0 aliphatic rings. The van der Waals surface area contributed by atoms with Gasteiger partial charge in [0, 0.05) is 6.42 Å². The van der Waals surface area contributed by atoms with Gasteiger partial charge in [0.15, 0.2) is 0 Å². The summed E-state index contributed by atoms with van der Waals surface area (Å²) in [5, 5.41) is 0. The molecular weight excluding hydrogens is 152 g/mol. The summed E-state index contributed by atoms with van der Waals surface area (Å²) in [6, 6.07) is 0. The molecule has 0 aliphatic heterocycles. The van der Waals surface area contributed by atoms with Gasteiger partial charge in [-0.3, -0.25) is 4.79 Å². The SMILES string of the molecule is CC[C@H](C)CCC(=O)[C@@H](C)C=O. The highest BCUT2D eigenvalue weighted by Crippen LogP contribution is 2.11. The summed E-state index contributed by atoms with van der Waals surface area (Å²) in [5.74, 6) is 0.257. The van der Waals surface area contributed by atoms with Crippen LogP contribution in [-0.2, 0) is 9.59 Å². The Kier molecular flexibility index (Phi) is 5.60. The molecule has 0 aromatic carbocycles. The van der Waals surface area contributed by atoms with Gasteiger partial charge in [-0.2, -0.15) is 0 Å². The topological polar surface area (TPSA) is 34.1 Å². The average Bonchev–Trinajstić information content (AvgIpc) is 2.11. The number of Topliss-reactive ketones (excluding diaryl/α,β-unsaturated/α-hetero) is 1. The molecule has 0 unspecified atom stereocenters. The van der Waals surface area contributed by atoms with E-state index in [1.807, 2.05) is 0 Å². The zero-order valence-electron chi connectivity index (χ0n) is 8.17. The number of rotatable bonds is 6. The Morgan fingerprint density at radius 3 is 2.42 bits per heavy atom. The summed E-state index contributed by atoms with van der Waals surface area (Å²) < 4.78 is 0. The zero-order valence-corrected chi connectivity index (χ0v) is 8.17. The van der Waals surface area contributed by atoms with Crippen LogP contribution in [0.25, 0.3) is 0 Å². The molecule has 0 fully saturated rings. The van der Waals surface area contributed by atoms with Crippen LogP contribution < -0.4 is 0 Å². The summed E-state index contributed by atoms with van der Waals surface area (Å²) in [5.41, 5.74) is 0. The molecule has 0 saturated heterocycles. The number of ketones is 1. The van der Waals surface area contributed by atoms with Crippen LogP contribution >= 0.6 is 0 Å². The Bertz CT molecular complexity index is 152. The molecule has 0 rings (SSSR count). The number of hydrogen-bond donors (Lipinski definition) is 0. The van der Waals surface area contributed by atoms with Crippen molar-refractivity contribution in [1.82, 2.24) is 0 Å². The molecule has 2 atom stereocenters. The highest BCUT2D eigenvalue weighted by molar-refractivity contribution is 5.92. The first-order valence-electron chi connectivity index (χ1n) is 4.59. The molecule has 0 aliphatic carbocycles. The van der Waals surface area contributed by atoms with E-state index in [-0.39, 0.29) is 5.78 Å². The Morgan fingerprint density at radius 1 is 1.42 bits per heavy atom.